The van der Waals surface area contributed by atoms with Crippen molar-refractivity contribution < 1.29 is 14.6 Å². The van der Waals surface area contributed by atoms with Crippen LogP contribution in [0.4, 0.5) is 4.79 Å². The molecule has 0 heterocycles. The van der Waals surface area contributed by atoms with Gasteiger partial charge in [0.25, 0.3) is 0 Å². The lowest BCUT2D eigenvalue weighted by Crippen LogP contribution is -2.48. The maximum Gasteiger partial charge on any atom is 0.407 e. The van der Waals surface area contributed by atoms with Gasteiger partial charge in [0.05, 0.1) is 5.54 Å². The molecule has 0 saturated carbocycles. The normalized spacial score (nSPS) is 14.0. The van der Waals surface area contributed by atoms with Crippen molar-refractivity contribution in [2.75, 3.05) is 6.61 Å². The van der Waals surface area contributed by atoms with Gasteiger partial charge >= 0.3 is 6.09 Å². The molecule has 1 atom stereocenters. The highest BCUT2D eigenvalue weighted by atomic mass is 16.5. The monoisotopic (exact) mass is 387 g/mol. The number of alkyl carbamates (subject to hydrolysis) is 1. The van der Waals surface area contributed by atoms with Crippen LogP contribution in [0.15, 0.2) is 78.9 Å². The summed E-state index contributed by atoms with van der Waals surface area (Å²) in [6, 6.07) is 25.8. The molecule has 29 heavy (non-hydrogen) atoms. The van der Waals surface area contributed by atoms with Crippen molar-refractivity contribution in [2.24, 2.45) is 0 Å². The van der Waals surface area contributed by atoms with Gasteiger partial charge in [0, 0.05) is 5.92 Å². The van der Waals surface area contributed by atoms with Crippen molar-refractivity contribution in [3.63, 3.8) is 0 Å². The van der Waals surface area contributed by atoms with E-state index in [-0.39, 0.29) is 12.5 Å². The number of fused-ring (bicyclic) bond motifs is 3. The average Bonchev–Trinajstić information content (AvgIpc) is 3.06. The number of hydrogen-bond acceptors (Lipinski definition) is 3. The number of hydrogen-bond donors (Lipinski definition) is 2. The first-order chi connectivity index (χ1) is 14.0. The van der Waals surface area contributed by atoms with Crippen LogP contribution in [0.3, 0.4) is 0 Å². The van der Waals surface area contributed by atoms with Crippen LogP contribution in [-0.4, -0.2) is 23.3 Å². The van der Waals surface area contributed by atoms with Crippen molar-refractivity contribution in [3.05, 3.63) is 95.6 Å². The van der Waals surface area contributed by atoms with Crippen LogP contribution in [0.25, 0.3) is 11.1 Å². The van der Waals surface area contributed by atoms with E-state index in [0.29, 0.717) is 0 Å². The topological polar surface area (TPSA) is 58.6 Å². The summed E-state index contributed by atoms with van der Waals surface area (Å²) >= 11 is 0. The Kier molecular flexibility index (Phi) is 5.12. The van der Waals surface area contributed by atoms with Crippen LogP contribution >= 0.6 is 0 Å². The molecule has 1 amide bonds. The molecule has 148 valence electrons. The molecule has 4 rings (SSSR count). The van der Waals surface area contributed by atoms with Gasteiger partial charge in [-0.15, -0.1) is 0 Å². The number of amides is 1. The second-order valence-corrected chi connectivity index (χ2v) is 7.99. The smallest absolute Gasteiger partial charge is 0.407 e. The Morgan fingerprint density at radius 3 is 2.03 bits per heavy atom. The number of aliphatic hydroxyl groups excluding tert-OH is 1. The summed E-state index contributed by atoms with van der Waals surface area (Å²) in [7, 11) is 0. The van der Waals surface area contributed by atoms with Crippen LogP contribution in [0.2, 0.25) is 0 Å². The molecule has 4 nitrogen and oxygen atoms in total. The maximum atomic E-state index is 12.5. The third-order valence-corrected chi connectivity index (χ3v) is 5.57. The zero-order chi connectivity index (χ0) is 20.4. The lowest BCUT2D eigenvalue weighted by Gasteiger charge is -2.31. The molecule has 0 spiro atoms. The third kappa shape index (κ3) is 3.76. The highest BCUT2D eigenvalue weighted by molar-refractivity contribution is 5.79. The maximum absolute atomic E-state index is 12.5. The average molecular weight is 387 g/mol. The minimum atomic E-state index is -0.871. The Labute approximate surface area is 171 Å². The van der Waals surface area contributed by atoms with Gasteiger partial charge in [-0.2, -0.15) is 0 Å². The molecule has 0 aromatic heterocycles. The molecule has 1 aliphatic carbocycles. The van der Waals surface area contributed by atoms with Gasteiger partial charge in [-0.1, -0.05) is 78.9 Å². The highest BCUT2D eigenvalue weighted by Crippen LogP contribution is 2.44. The van der Waals surface area contributed by atoms with Gasteiger partial charge in [-0.05, 0) is 41.7 Å². The molecule has 3 aromatic carbocycles. The number of aliphatic hydroxyl groups is 1. The van der Waals surface area contributed by atoms with E-state index >= 15 is 0 Å². The molecule has 1 unspecified atom stereocenters. The van der Waals surface area contributed by atoms with Crippen molar-refractivity contribution in [1.82, 2.24) is 5.32 Å². The number of rotatable bonds is 5. The van der Waals surface area contributed by atoms with Gasteiger partial charge in [0.15, 0.2) is 0 Å². The molecular formula is C25H25NO3. The second-order valence-electron chi connectivity index (χ2n) is 7.99. The Bertz CT molecular complexity index is 968. The quantitative estimate of drug-likeness (QED) is 0.645. The first-order valence-electron chi connectivity index (χ1n) is 9.83. The summed E-state index contributed by atoms with van der Waals surface area (Å²) < 4.78 is 5.60. The molecular weight excluding hydrogens is 362 g/mol. The van der Waals surface area contributed by atoms with E-state index < -0.39 is 17.7 Å². The van der Waals surface area contributed by atoms with Crippen molar-refractivity contribution in [2.45, 2.75) is 31.4 Å². The molecule has 3 aromatic rings. The molecule has 2 N–H and O–H groups in total. The van der Waals surface area contributed by atoms with Gasteiger partial charge in [0.1, 0.15) is 12.7 Å². The van der Waals surface area contributed by atoms with Crippen molar-refractivity contribution in [1.29, 1.82) is 0 Å². The fourth-order valence-corrected chi connectivity index (χ4v) is 4.02. The summed E-state index contributed by atoms with van der Waals surface area (Å²) in [5.74, 6) is 0.00955. The van der Waals surface area contributed by atoms with Crippen LogP contribution in [-0.2, 0) is 4.74 Å². The third-order valence-electron chi connectivity index (χ3n) is 5.57. The second kappa shape index (κ2) is 7.72. The van der Waals surface area contributed by atoms with Crippen molar-refractivity contribution >= 4 is 6.09 Å². The predicted octanol–water partition coefficient (Wildman–Crippen LogP) is 5.04. The van der Waals surface area contributed by atoms with E-state index in [1.165, 1.54) is 22.3 Å². The van der Waals surface area contributed by atoms with E-state index in [1.54, 1.807) is 13.8 Å². The lowest BCUT2D eigenvalue weighted by molar-refractivity contribution is 0.0681. The van der Waals surface area contributed by atoms with Gasteiger partial charge in [0.2, 0.25) is 0 Å². The standard InChI is InChI=1S/C25H25NO3/c1-25(2,23(27)17-10-4-3-5-11-17)26-24(28)29-16-22-20-14-8-6-12-18(20)19-13-7-9-15-21(19)22/h3-15,22-23,27H,16H2,1-2H3,(H,26,28). The molecule has 0 bridgehead atoms. The minimum absolute atomic E-state index is 0.00955. The Hall–Kier alpha value is -3.11. The minimum Gasteiger partial charge on any atom is -0.449 e. The number of benzene rings is 3. The van der Waals surface area contributed by atoms with Crippen LogP contribution in [0.5, 0.6) is 0 Å². The number of carbonyl (C=O) groups excluding carboxylic acids is 1. The predicted molar refractivity (Wildman–Crippen MR) is 114 cm³/mol. The molecule has 1 aliphatic rings. The fourth-order valence-electron chi connectivity index (χ4n) is 4.02. The first kappa shape index (κ1) is 19.2. The van der Waals surface area contributed by atoms with Crippen LogP contribution in [0, 0.1) is 0 Å². The molecule has 0 aliphatic heterocycles. The summed E-state index contributed by atoms with van der Waals surface area (Å²) in [6.07, 6.45) is -1.38. The zero-order valence-electron chi connectivity index (χ0n) is 16.6. The first-order valence-corrected chi connectivity index (χ1v) is 9.83. The molecule has 0 saturated heterocycles. The summed E-state index contributed by atoms with van der Waals surface area (Å²) in [5, 5.41) is 13.5. The van der Waals surface area contributed by atoms with Crippen LogP contribution < -0.4 is 5.32 Å². The molecule has 4 heteroatoms. The van der Waals surface area contributed by atoms with E-state index in [0.717, 1.165) is 5.56 Å². The van der Waals surface area contributed by atoms with Gasteiger partial charge < -0.3 is 15.2 Å². The zero-order valence-corrected chi connectivity index (χ0v) is 16.6. The fraction of sp³-hybridized carbons (Fsp3) is 0.240. The largest absolute Gasteiger partial charge is 0.449 e. The van der Waals surface area contributed by atoms with E-state index in [1.807, 2.05) is 54.6 Å². The summed E-state index contributed by atoms with van der Waals surface area (Å²) in [5.41, 5.74) is 4.60. The number of ether oxygens (including phenoxy) is 1. The van der Waals surface area contributed by atoms with E-state index in [2.05, 4.69) is 29.6 Å². The van der Waals surface area contributed by atoms with E-state index in [9.17, 15) is 9.90 Å². The van der Waals surface area contributed by atoms with Crippen LogP contribution in [0.1, 0.15) is 42.6 Å². The Morgan fingerprint density at radius 2 is 1.45 bits per heavy atom. The highest BCUT2D eigenvalue weighted by Gasteiger charge is 2.33. The van der Waals surface area contributed by atoms with Gasteiger partial charge in [-0.3, -0.25) is 0 Å². The SMILES string of the molecule is CC(C)(NC(=O)OCC1c2ccccc2-c2ccccc21)C(O)c1ccccc1. The van der Waals surface area contributed by atoms with Gasteiger partial charge in [-0.25, -0.2) is 4.79 Å². The molecule has 0 fully saturated rings. The molecule has 0 radical (unpaired) electrons. The van der Waals surface area contributed by atoms with Crippen molar-refractivity contribution in [3.8, 4) is 11.1 Å². The van der Waals surface area contributed by atoms with E-state index in [4.69, 9.17) is 4.74 Å². The Morgan fingerprint density at radius 1 is 0.931 bits per heavy atom. The number of carbonyl (C=O) groups is 1. The lowest BCUT2D eigenvalue weighted by atomic mass is 9.91. The summed E-state index contributed by atoms with van der Waals surface area (Å²) in [4.78, 5) is 12.5. The number of nitrogens with one attached hydrogen (secondary N) is 1. The Balaban J connectivity index is 1.45. The summed E-state index contributed by atoms with van der Waals surface area (Å²) in [6.45, 7) is 3.82.